The average molecular weight is 355 g/mol. The van der Waals surface area contributed by atoms with Crippen LogP contribution in [0.1, 0.15) is 50.5 Å². The summed E-state index contributed by atoms with van der Waals surface area (Å²) >= 11 is 0. The van der Waals surface area contributed by atoms with E-state index in [9.17, 15) is 4.79 Å². The number of allylic oxidation sites excluding steroid dienone is 2. The van der Waals surface area contributed by atoms with E-state index in [4.69, 9.17) is 9.47 Å². The van der Waals surface area contributed by atoms with Crippen LogP contribution in [0, 0.1) is 0 Å². The van der Waals surface area contributed by atoms with Gasteiger partial charge in [-0.15, -0.1) is 0 Å². The first-order valence-electron chi connectivity index (χ1n) is 9.74. The van der Waals surface area contributed by atoms with Gasteiger partial charge < -0.3 is 14.4 Å². The van der Waals surface area contributed by atoms with E-state index in [0.29, 0.717) is 6.10 Å². The molecule has 3 rings (SSSR count). The third kappa shape index (κ3) is 5.13. The predicted octanol–water partition coefficient (Wildman–Crippen LogP) is 4.60. The lowest BCUT2D eigenvalue weighted by Crippen LogP contribution is -2.34. The van der Waals surface area contributed by atoms with Gasteiger partial charge in [0.2, 0.25) is 5.91 Å². The number of nitrogens with zero attached hydrogens (tertiary/aromatic N) is 1. The van der Waals surface area contributed by atoms with Crippen molar-refractivity contribution in [2.75, 3.05) is 20.2 Å². The number of ether oxygens (including phenoxy) is 2. The smallest absolute Gasteiger partial charge is 0.246 e. The first-order valence-corrected chi connectivity index (χ1v) is 9.74. The van der Waals surface area contributed by atoms with Crippen molar-refractivity contribution >= 4 is 12.0 Å². The summed E-state index contributed by atoms with van der Waals surface area (Å²) in [6.45, 7) is 1.76. The number of amides is 1. The van der Waals surface area contributed by atoms with Gasteiger partial charge in [0.15, 0.2) is 11.5 Å². The topological polar surface area (TPSA) is 38.8 Å². The Morgan fingerprint density at radius 3 is 2.54 bits per heavy atom. The highest BCUT2D eigenvalue weighted by Gasteiger charge is 2.18. The molecule has 0 radical (unpaired) electrons. The number of carbonyl (C=O) groups is 1. The summed E-state index contributed by atoms with van der Waals surface area (Å²) in [7, 11) is 1.67. The van der Waals surface area contributed by atoms with E-state index in [-0.39, 0.29) is 5.91 Å². The van der Waals surface area contributed by atoms with Gasteiger partial charge >= 0.3 is 0 Å². The maximum Gasteiger partial charge on any atom is 0.246 e. The third-order valence-corrected chi connectivity index (χ3v) is 5.09. The average Bonchev–Trinajstić information content (AvgIpc) is 3.19. The number of hydrogen-bond donors (Lipinski definition) is 0. The zero-order chi connectivity index (χ0) is 18.2. The highest BCUT2D eigenvalue weighted by molar-refractivity contribution is 5.88. The molecule has 1 aromatic carbocycles. The maximum atomic E-state index is 12.1. The minimum atomic E-state index is 0.104. The quantitative estimate of drug-likeness (QED) is 0.553. The molecule has 0 N–H and O–H groups in total. The lowest BCUT2D eigenvalue weighted by Gasteiger charge is -2.25. The maximum absolute atomic E-state index is 12.1. The molecule has 2 aliphatic rings. The van der Waals surface area contributed by atoms with Crippen molar-refractivity contribution in [3.8, 4) is 11.5 Å². The van der Waals surface area contributed by atoms with Crippen molar-refractivity contribution in [3.63, 3.8) is 0 Å². The third-order valence-electron chi connectivity index (χ3n) is 5.09. The van der Waals surface area contributed by atoms with Crippen molar-refractivity contribution in [2.24, 2.45) is 0 Å². The van der Waals surface area contributed by atoms with Gasteiger partial charge in [-0.25, -0.2) is 0 Å². The molecule has 26 heavy (non-hydrogen) atoms. The summed E-state index contributed by atoms with van der Waals surface area (Å²) in [6.07, 6.45) is 15.9. The number of methoxy groups -OCH3 is 1. The van der Waals surface area contributed by atoms with E-state index in [2.05, 4.69) is 0 Å². The van der Waals surface area contributed by atoms with Crippen LogP contribution < -0.4 is 9.47 Å². The number of carbonyl (C=O) groups excluding carboxylic acids is 1. The van der Waals surface area contributed by atoms with Crippen LogP contribution in [-0.2, 0) is 4.79 Å². The molecule has 1 aliphatic carbocycles. The number of likely N-dealkylation sites (tertiary alicyclic amines) is 1. The highest BCUT2D eigenvalue weighted by Crippen LogP contribution is 2.32. The van der Waals surface area contributed by atoms with Crippen LogP contribution in [0.3, 0.4) is 0 Å². The summed E-state index contributed by atoms with van der Waals surface area (Å²) in [4.78, 5) is 14.0. The molecule has 0 aromatic heterocycles. The Hall–Kier alpha value is -2.23. The predicted molar refractivity (Wildman–Crippen MR) is 104 cm³/mol. The summed E-state index contributed by atoms with van der Waals surface area (Å²) in [5, 5.41) is 0. The number of rotatable bonds is 6. The van der Waals surface area contributed by atoms with Crippen LogP contribution in [0.4, 0.5) is 0 Å². The Balaban J connectivity index is 1.57. The molecule has 1 saturated carbocycles. The Labute approximate surface area is 156 Å². The Bertz CT molecular complexity index is 653. The summed E-state index contributed by atoms with van der Waals surface area (Å²) in [5.41, 5.74) is 1.02. The second-order valence-electron chi connectivity index (χ2n) is 7.04. The van der Waals surface area contributed by atoms with Crippen molar-refractivity contribution in [1.82, 2.24) is 4.90 Å². The molecular weight excluding hydrogens is 326 g/mol. The highest BCUT2D eigenvalue weighted by atomic mass is 16.5. The zero-order valence-electron chi connectivity index (χ0n) is 15.7. The van der Waals surface area contributed by atoms with E-state index in [1.807, 2.05) is 41.3 Å². The van der Waals surface area contributed by atoms with E-state index < -0.39 is 0 Å². The van der Waals surface area contributed by atoms with Crippen LogP contribution in [0.25, 0.3) is 6.08 Å². The van der Waals surface area contributed by atoms with Gasteiger partial charge in [0, 0.05) is 19.2 Å². The monoisotopic (exact) mass is 355 g/mol. The van der Waals surface area contributed by atoms with Crippen LogP contribution in [-0.4, -0.2) is 37.1 Å². The molecule has 1 aliphatic heterocycles. The second kappa shape index (κ2) is 9.46. The van der Waals surface area contributed by atoms with Gasteiger partial charge in [0.25, 0.3) is 0 Å². The fourth-order valence-electron chi connectivity index (χ4n) is 3.60. The minimum Gasteiger partial charge on any atom is -0.493 e. The standard InChI is InChI=1S/C22H29NO3/c1-25-21-17-18(13-14-20(21)26-19-10-4-5-11-19)9-3-6-12-22(24)23-15-7-2-8-16-23/h3,6,9,12-14,17,19H,2,4-5,7-8,10-11,15-16H2,1H3/b9-3+,12-6+. The SMILES string of the molecule is COc1cc(/C=C/C=C/C(=O)N2CCCCC2)ccc1OC1CCCC1. The molecule has 4 nitrogen and oxygen atoms in total. The fourth-order valence-corrected chi connectivity index (χ4v) is 3.60. The Morgan fingerprint density at radius 2 is 1.81 bits per heavy atom. The van der Waals surface area contributed by atoms with Crippen LogP contribution in [0.15, 0.2) is 36.4 Å². The van der Waals surface area contributed by atoms with E-state index in [1.165, 1.54) is 19.3 Å². The zero-order valence-corrected chi connectivity index (χ0v) is 15.7. The van der Waals surface area contributed by atoms with Gasteiger partial charge in [-0.2, -0.15) is 0 Å². The lowest BCUT2D eigenvalue weighted by molar-refractivity contribution is -0.126. The summed E-state index contributed by atoms with van der Waals surface area (Å²) < 4.78 is 11.5. The molecule has 0 spiro atoms. The van der Waals surface area contributed by atoms with Crippen molar-refractivity contribution < 1.29 is 14.3 Å². The van der Waals surface area contributed by atoms with Crippen LogP contribution in [0.5, 0.6) is 11.5 Å². The Kier molecular flexibility index (Phi) is 6.75. The van der Waals surface area contributed by atoms with Gasteiger partial charge in [0.05, 0.1) is 13.2 Å². The molecule has 1 heterocycles. The molecule has 1 amide bonds. The summed E-state index contributed by atoms with van der Waals surface area (Å²) in [5.74, 6) is 1.67. The Morgan fingerprint density at radius 1 is 1.04 bits per heavy atom. The van der Waals surface area contributed by atoms with E-state index in [0.717, 1.165) is 55.8 Å². The van der Waals surface area contributed by atoms with Crippen LogP contribution in [0.2, 0.25) is 0 Å². The minimum absolute atomic E-state index is 0.104. The van der Waals surface area contributed by atoms with Gasteiger partial charge in [0.1, 0.15) is 0 Å². The van der Waals surface area contributed by atoms with Crippen molar-refractivity contribution in [3.05, 3.63) is 42.0 Å². The van der Waals surface area contributed by atoms with E-state index in [1.54, 1.807) is 13.2 Å². The number of piperidine rings is 1. The van der Waals surface area contributed by atoms with E-state index >= 15 is 0 Å². The first kappa shape index (κ1) is 18.6. The largest absolute Gasteiger partial charge is 0.493 e. The molecule has 0 atom stereocenters. The molecule has 2 fully saturated rings. The molecule has 0 bridgehead atoms. The van der Waals surface area contributed by atoms with Crippen molar-refractivity contribution in [1.29, 1.82) is 0 Å². The lowest BCUT2D eigenvalue weighted by atomic mass is 10.1. The van der Waals surface area contributed by atoms with Crippen molar-refractivity contribution in [2.45, 2.75) is 51.0 Å². The molecule has 0 unspecified atom stereocenters. The van der Waals surface area contributed by atoms with Gasteiger partial charge in [-0.1, -0.05) is 24.3 Å². The molecule has 1 aromatic rings. The molecule has 140 valence electrons. The molecule has 4 heteroatoms. The number of benzene rings is 1. The normalized spacial score (nSPS) is 18.7. The molecular formula is C22H29NO3. The fraction of sp³-hybridized carbons (Fsp3) is 0.500. The summed E-state index contributed by atoms with van der Waals surface area (Å²) in [6, 6.07) is 5.96. The first-order chi connectivity index (χ1) is 12.8. The number of hydrogen-bond acceptors (Lipinski definition) is 3. The van der Waals surface area contributed by atoms with Gasteiger partial charge in [-0.3, -0.25) is 4.79 Å². The van der Waals surface area contributed by atoms with Crippen LogP contribution >= 0.6 is 0 Å². The molecule has 1 saturated heterocycles. The second-order valence-corrected chi connectivity index (χ2v) is 7.04. The van der Waals surface area contributed by atoms with Gasteiger partial charge in [-0.05, 0) is 62.6 Å².